The number of likely N-dealkylation sites (tertiary alicyclic amines) is 1. The summed E-state index contributed by atoms with van der Waals surface area (Å²) in [6.07, 6.45) is -0.350. The van der Waals surface area contributed by atoms with E-state index in [0.717, 1.165) is 30.0 Å². The monoisotopic (exact) mass is 338 g/mol. The van der Waals surface area contributed by atoms with Crippen LogP contribution in [0.4, 0.5) is 13.2 Å². The van der Waals surface area contributed by atoms with Crippen molar-refractivity contribution in [1.29, 1.82) is 0 Å². The van der Waals surface area contributed by atoms with Crippen LogP contribution in [0, 0.1) is 0 Å². The van der Waals surface area contributed by atoms with E-state index in [9.17, 15) is 18.0 Å². The molecule has 1 aromatic carbocycles. The third-order valence-corrected chi connectivity index (χ3v) is 4.23. The number of aromatic nitrogens is 3. The zero-order valence-corrected chi connectivity index (χ0v) is 13.1. The molecule has 1 fully saturated rings. The van der Waals surface area contributed by atoms with Crippen molar-refractivity contribution < 1.29 is 18.0 Å². The zero-order valence-electron chi connectivity index (χ0n) is 13.1. The Morgan fingerprint density at radius 1 is 1.25 bits per heavy atom. The van der Waals surface area contributed by atoms with E-state index in [2.05, 4.69) is 10.3 Å². The highest BCUT2D eigenvalue weighted by molar-refractivity contribution is 5.92. The number of rotatable bonds is 2. The maximum Gasteiger partial charge on any atom is 0.418 e. The topological polar surface area (TPSA) is 51.0 Å². The summed E-state index contributed by atoms with van der Waals surface area (Å²) in [5.41, 5.74) is -0.913. The predicted octanol–water partition coefficient (Wildman–Crippen LogP) is 3.30. The predicted molar refractivity (Wildman–Crippen MR) is 80.7 cm³/mol. The van der Waals surface area contributed by atoms with E-state index < -0.39 is 11.7 Å². The van der Waals surface area contributed by atoms with Gasteiger partial charge in [0.15, 0.2) is 5.69 Å². The zero-order chi connectivity index (χ0) is 17.3. The van der Waals surface area contributed by atoms with Crippen LogP contribution in [0.25, 0.3) is 5.69 Å². The average Bonchev–Trinajstić information content (AvgIpc) is 3.04. The van der Waals surface area contributed by atoms with Gasteiger partial charge in [-0.3, -0.25) is 4.79 Å². The maximum absolute atomic E-state index is 13.1. The molecule has 0 saturated carbocycles. The molecule has 8 heteroatoms. The third kappa shape index (κ3) is 3.13. The second-order valence-corrected chi connectivity index (χ2v) is 5.91. The fraction of sp³-hybridized carbons (Fsp3) is 0.438. The van der Waals surface area contributed by atoms with Crippen LogP contribution in [0.15, 0.2) is 30.5 Å². The van der Waals surface area contributed by atoms with Gasteiger partial charge < -0.3 is 4.90 Å². The van der Waals surface area contributed by atoms with E-state index in [0.29, 0.717) is 6.54 Å². The summed E-state index contributed by atoms with van der Waals surface area (Å²) in [6, 6.07) is 5.17. The molecule has 1 atom stereocenters. The summed E-state index contributed by atoms with van der Waals surface area (Å²) < 4.78 is 40.3. The summed E-state index contributed by atoms with van der Waals surface area (Å²) >= 11 is 0. The normalized spacial score (nSPS) is 18.7. The smallest absolute Gasteiger partial charge is 0.334 e. The van der Waals surface area contributed by atoms with Crippen molar-refractivity contribution in [2.24, 2.45) is 0 Å². The molecule has 0 aliphatic carbocycles. The molecule has 128 valence electrons. The molecule has 1 aliphatic rings. The van der Waals surface area contributed by atoms with Crippen LogP contribution in [0.3, 0.4) is 0 Å². The van der Waals surface area contributed by atoms with Crippen molar-refractivity contribution in [3.8, 4) is 5.69 Å². The number of hydrogen-bond donors (Lipinski definition) is 0. The molecule has 5 nitrogen and oxygen atoms in total. The highest BCUT2D eigenvalue weighted by atomic mass is 19.4. The molecular formula is C16H17F3N4O. The number of benzene rings is 1. The van der Waals surface area contributed by atoms with Gasteiger partial charge in [0.25, 0.3) is 5.91 Å². The molecule has 1 amide bonds. The Balaban J connectivity index is 1.90. The van der Waals surface area contributed by atoms with Crippen molar-refractivity contribution in [2.75, 3.05) is 6.54 Å². The molecule has 3 rings (SSSR count). The summed E-state index contributed by atoms with van der Waals surface area (Å²) in [5.74, 6) is -0.294. The minimum Gasteiger partial charge on any atom is -0.334 e. The first kappa shape index (κ1) is 16.5. The first-order valence-corrected chi connectivity index (χ1v) is 7.78. The standard InChI is InChI=1S/C16H17F3N4O/c1-11-6-4-5-9-22(11)15(24)13-10-23(21-20-13)14-8-3-2-7-12(14)16(17,18)19/h2-3,7-8,10-11H,4-6,9H2,1H3/t11-/m0/s1. The lowest BCUT2D eigenvalue weighted by Gasteiger charge is -2.32. The van der Waals surface area contributed by atoms with Crippen molar-refractivity contribution in [3.05, 3.63) is 41.7 Å². The number of carbonyl (C=O) groups excluding carboxylic acids is 1. The molecule has 24 heavy (non-hydrogen) atoms. The van der Waals surface area contributed by atoms with Gasteiger partial charge in [-0.05, 0) is 38.3 Å². The Hall–Kier alpha value is -2.38. The number of piperidine rings is 1. The summed E-state index contributed by atoms with van der Waals surface area (Å²) in [5, 5.41) is 7.50. The van der Waals surface area contributed by atoms with Gasteiger partial charge in [0.05, 0.1) is 17.4 Å². The van der Waals surface area contributed by atoms with Gasteiger partial charge in [0.2, 0.25) is 0 Å². The Kier molecular flexibility index (Phi) is 4.29. The molecule has 2 heterocycles. The lowest BCUT2D eigenvalue weighted by Crippen LogP contribution is -2.42. The minimum atomic E-state index is -4.51. The van der Waals surface area contributed by atoms with Crippen molar-refractivity contribution in [3.63, 3.8) is 0 Å². The van der Waals surface area contributed by atoms with E-state index in [1.807, 2.05) is 6.92 Å². The van der Waals surface area contributed by atoms with Crippen LogP contribution in [-0.4, -0.2) is 38.4 Å². The Labute approximate surface area is 137 Å². The van der Waals surface area contributed by atoms with Crippen LogP contribution in [0.1, 0.15) is 42.2 Å². The molecule has 1 aromatic heterocycles. The molecule has 0 spiro atoms. The van der Waals surface area contributed by atoms with Crippen molar-refractivity contribution >= 4 is 5.91 Å². The van der Waals surface area contributed by atoms with E-state index >= 15 is 0 Å². The maximum atomic E-state index is 13.1. The lowest BCUT2D eigenvalue weighted by atomic mass is 10.0. The van der Waals surface area contributed by atoms with E-state index in [-0.39, 0.29) is 23.3 Å². The average molecular weight is 338 g/mol. The van der Waals surface area contributed by atoms with E-state index in [1.165, 1.54) is 24.4 Å². The molecule has 0 N–H and O–H groups in total. The highest BCUT2D eigenvalue weighted by Crippen LogP contribution is 2.33. The van der Waals surface area contributed by atoms with Gasteiger partial charge in [0.1, 0.15) is 0 Å². The van der Waals surface area contributed by atoms with Gasteiger partial charge in [-0.2, -0.15) is 13.2 Å². The Morgan fingerprint density at radius 3 is 2.71 bits per heavy atom. The third-order valence-electron chi connectivity index (χ3n) is 4.23. The number of alkyl halides is 3. The fourth-order valence-electron chi connectivity index (χ4n) is 2.94. The van der Waals surface area contributed by atoms with Crippen LogP contribution < -0.4 is 0 Å². The largest absolute Gasteiger partial charge is 0.418 e. The van der Waals surface area contributed by atoms with Gasteiger partial charge >= 0.3 is 6.18 Å². The van der Waals surface area contributed by atoms with Crippen molar-refractivity contribution in [1.82, 2.24) is 19.9 Å². The lowest BCUT2D eigenvalue weighted by molar-refractivity contribution is -0.137. The fourth-order valence-corrected chi connectivity index (χ4v) is 2.94. The quantitative estimate of drug-likeness (QED) is 0.844. The van der Waals surface area contributed by atoms with Gasteiger partial charge in [0, 0.05) is 12.6 Å². The van der Waals surface area contributed by atoms with Gasteiger partial charge in [-0.1, -0.05) is 17.3 Å². The SMILES string of the molecule is C[C@H]1CCCCN1C(=O)c1cn(-c2ccccc2C(F)(F)F)nn1. The highest BCUT2D eigenvalue weighted by Gasteiger charge is 2.34. The second-order valence-electron chi connectivity index (χ2n) is 5.91. The molecule has 1 aliphatic heterocycles. The summed E-state index contributed by atoms with van der Waals surface area (Å²) in [4.78, 5) is 14.2. The molecule has 0 unspecified atom stereocenters. The number of amides is 1. The first-order valence-electron chi connectivity index (χ1n) is 7.78. The number of halogens is 3. The van der Waals surface area contributed by atoms with Crippen LogP contribution in [-0.2, 0) is 6.18 Å². The van der Waals surface area contributed by atoms with Gasteiger partial charge in [-0.25, -0.2) is 4.68 Å². The number of nitrogens with zero attached hydrogens (tertiary/aromatic N) is 4. The van der Waals surface area contributed by atoms with E-state index in [4.69, 9.17) is 0 Å². The minimum absolute atomic E-state index is 0.0562. The second kappa shape index (κ2) is 6.26. The molecule has 0 bridgehead atoms. The Bertz CT molecular complexity index is 741. The number of carbonyl (C=O) groups is 1. The molecule has 0 radical (unpaired) electrons. The Morgan fingerprint density at radius 2 is 2.00 bits per heavy atom. The molecular weight excluding hydrogens is 321 g/mol. The number of hydrogen-bond acceptors (Lipinski definition) is 3. The van der Waals surface area contributed by atoms with Crippen LogP contribution >= 0.6 is 0 Å². The van der Waals surface area contributed by atoms with Crippen molar-refractivity contribution in [2.45, 2.75) is 38.4 Å². The van der Waals surface area contributed by atoms with E-state index in [1.54, 1.807) is 4.90 Å². The summed E-state index contributed by atoms with van der Waals surface area (Å²) in [6.45, 7) is 2.59. The molecule has 2 aromatic rings. The van der Waals surface area contributed by atoms with Gasteiger partial charge in [-0.15, -0.1) is 5.10 Å². The first-order chi connectivity index (χ1) is 11.4. The van der Waals surface area contributed by atoms with Crippen LogP contribution in [0.5, 0.6) is 0 Å². The molecule has 1 saturated heterocycles. The van der Waals surface area contributed by atoms with Crippen LogP contribution in [0.2, 0.25) is 0 Å². The number of para-hydroxylation sites is 1. The summed E-state index contributed by atoms with van der Waals surface area (Å²) in [7, 11) is 0.